The van der Waals surface area contributed by atoms with Crippen LogP contribution in [0.3, 0.4) is 0 Å². The maximum atomic E-state index is 9.28. The van der Waals surface area contributed by atoms with E-state index in [4.69, 9.17) is 5.73 Å². The normalized spacial score (nSPS) is 24.3. The van der Waals surface area contributed by atoms with E-state index in [1.165, 1.54) is 5.56 Å². The van der Waals surface area contributed by atoms with Crippen LogP contribution in [0.25, 0.3) is 0 Å². The Balaban J connectivity index is 1.74. The average molecular weight is 327 g/mol. The minimum Gasteiger partial charge on any atom is -0.393 e. The van der Waals surface area contributed by atoms with Crippen LogP contribution in [-0.4, -0.2) is 36.2 Å². The maximum absolute atomic E-state index is 9.28. The smallest absolute Gasteiger partial charge is 0.0546 e. The predicted octanol–water partition coefficient (Wildman–Crippen LogP) is 2.54. The first kappa shape index (κ1) is 15.0. The summed E-state index contributed by atoms with van der Waals surface area (Å²) in [6.07, 6.45) is 2.82. The van der Waals surface area contributed by atoms with Crippen LogP contribution in [0, 0.1) is 5.92 Å². The molecule has 1 aromatic rings. The van der Waals surface area contributed by atoms with Gasteiger partial charge in [-0.15, -0.1) is 0 Å². The molecule has 1 aliphatic carbocycles. The molecule has 0 aromatic heterocycles. The van der Waals surface area contributed by atoms with Crippen molar-refractivity contribution in [2.24, 2.45) is 11.7 Å². The van der Waals surface area contributed by atoms with E-state index in [-0.39, 0.29) is 12.1 Å². The van der Waals surface area contributed by atoms with E-state index in [1.54, 1.807) is 0 Å². The van der Waals surface area contributed by atoms with Gasteiger partial charge in [0.1, 0.15) is 0 Å². The quantitative estimate of drug-likeness (QED) is 0.844. The Labute approximate surface area is 123 Å². The van der Waals surface area contributed by atoms with Gasteiger partial charge < -0.3 is 15.7 Å². The zero-order chi connectivity index (χ0) is 13.8. The molecule has 4 heteroatoms. The molecule has 1 saturated carbocycles. The first-order valence-electron chi connectivity index (χ1n) is 6.93. The van der Waals surface area contributed by atoms with E-state index in [2.05, 4.69) is 33.9 Å². The Morgan fingerprint density at radius 1 is 1.42 bits per heavy atom. The van der Waals surface area contributed by atoms with E-state index in [0.29, 0.717) is 5.92 Å². The van der Waals surface area contributed by atoms with Crippen molar-refractivity contribution in [2.75, 3.05) is 20.1 Å². The van der Waals surface area contributed by atoms with E-state index in [9.17, 15) is 5.11 Å². The van der Waals surface area contributed by atoms with Crippen LogP contribution in [0.15, 0.2) is 28.7 Å². The van der Waals surface area contributed by atoms with Gasteiger partial charge in [-0.3, -0.25) is 0 Å². The number of rotatable bonds is 6. The van der Waals surface area contributed by atoms with Crippen molar-refractivity contribution in [2.45, 2.75) is 31.4 Å². The van der Waals surface area contributed by atoms with Gasteiger partial charge in [-0.25, -0.2) is 0 Å². The van der Waals surface area contributed by atoms with Crippen LogP contribution in [0.5, 0.6) is 0 Å². The second-order valence-electron chi connectivity index (χ2n) is 5.67. The molecule has 19 heavy (non-hydrogen) atoms. The van der Waals surface area contributed by atoms with Gasteiger partial charge in [-0.2, -0.15) is 0 Å². The predicted molar refractivity (Wildman–Crippen MR) is 81.9 cm³/mol. The Hall–Kier alpha value is -0.420. The molecule has 0 amide bonds. The van der Waals surface area contributed by atoms with Crippen LogP contribution >= 0.6 is 15.9 Å². The standard InChI is InChI=1S/C15H23BrN2O/c1-18(10-11-8-12(19)9-11)7-6-15(17)13-4-2-3-5-14(13)16/h2-5,11-12,15,19H,6-10,17H2,1H3. The van der Waals surface area contributed by atoms with Crippen LogP contribution in [0.1, 0.15) is 30.9 Å². The SMILES string of the molecule is CN(CCC(N)c1ccccc1Br)CC1CC(O)C1. The number of halogens is 1. The number of hydrogen-bond donors (Lipinski definition) is 2. The lowest BCUT2D eigenvalue weighted by atomic mass is 9.82. The summed E-state index contributed by atoms with van der Waals surface area (Å²) in [7, 11) is 2.14. The van der Waals surface area contributed by atoms with Crippen LogP contribution in [0.2, 0.25) is 0 Å². The molecular weight excluding hydrogens is 304 g/mol. The molecule has 1 fully saturated rings. The fraction of sp³-hybridized carbons (Fsp3) is 0.600. The monoisotopic (exact) mass is 326 g/mol. The zero-order valence-corrected chi connectivity index (χ0v) is 13.0. The molecular formula is C15H23BrN2O. The first-order chi connectivity index (χ1) is 9.06. The van der Waals surface area contributed by atoms with Gasteiger partial charge >= 0.3 is 0 Å². The topological polar surface area (TPSA) is 49.5 Å². The second kappa shape index (κ2) is 6.84. The highest BCUT2D eigenvalue weighted by Crippen LogP contribution is 2.28. The fourth-order valence-electron chi connectivity index (χ4n) is 2.67. The lowest BCUT2D eigenvalue weighted by molar-refractivity contribution is 0.0280. The number of aliphatic hydroxyl groups excluding tert-OH is 1. The lowest BCUT2D eigenvalue weighted by Crippen LogP contribution is -2.37. The molecule has 1 aromatic carbocycles. The van der Waals surface area contributed by atoms with E-state index in [1.807, 2.05) is 18.2 Å². The molecule has 0 bridgehead atoms. The summed E-state index contributed by atoms with van der Waals surface area (Å²) in [6.45, 7) is 2.06. The Kier molecular flexibility index (Phi) is 5.39. The molecule has 106 valence electrons. The highest BCUT2D eigenvalue weighted by molar-refractivity contribution is 9.10. The van der Waals surface area contributed by atoms with Crippen molar-refractivity contribution >= 4 is 15.9 Å². The van der Waals surface area contributed by atoms with Crippen LogP contribution in [-0.2, 0) is 0 Å². The lowest BCUT2D eigenvalue weighted by Gasteiger charge is -2.34. The van der Waals surface area contributed by atoms with Crippen molar-refractivity contribution in [3.63, 3.8) is 0 Å². The number of nitrogens with zero attached hydrogens (tertiary/aromatic N) is 1. The number of aliphatic hydroxyl groups is 1. The van der Waals surface area contributed by atoms with Crippen molar-refractivity contribution < 1.29 is 5.11 Å². The fourth-order valence-corrected chi connectivity index (χ4v) is 3.25. The van der Waals surface area contributed by atoms with Gasteiger partial charge in [0.05, 0.1) is 6.10 Å². The first-order valence-corrected chi connectivity index (χ1v) is 7.72. The molecule has 0 heterocycles. The largest absolute Gasteiger partial charge is 0.393 e. The van der Waals surface area contributed by atoms with Gasteiger partial charge in [0.2, 0.25) is 0 Å². The highest BCUT2D eigenvalue weighted by Gasteiger charge is 2.27. The average Bonchev–Trinajstić information content (AvgIpc) is 2.35. The third kappa shape index (κ3) is 4.28. The summed E-state index contributed by atoms with van der Waals surface area (Å²) in [6, 6.07) is 8.23. The third-order valence-electron chi connectivity index (χ3n) is 3.91. The molecule has 0 radical (unpaired) electrons. The van der Waals surface area contributed by atoms with Crippen molar-refractivity contribution in [1.82, 2.24) is 4.90 Å². The summed E-state index contributed by atoms with van der Waals surface area (Å²) < 4.78 is 1.09. The molecule has 0 saturated heterocycles. The molecule has 1 atom stereocenters. The van der Waals surface area contributed by atoms with E-state index in [0.717, 1.165) is 36.8 Å². The highest BCUT2D eigenvalue weighted by atomic mass is 79.9. The maximum Gasteiger partial charge on any atom is 0.0546 e. The van der Waals surface area contributed by atoms with Crippen molar-refractivity contribution in [1.29, 1.82) is 0 Å². The van der Waals surface area contributed by atoms with Crippen LogP contribution < -0.4 is 5.73 Å². The summed E-state index contributed by atoms with van der Waals surface area (Å²) in [5, 5.41) is 9.28. The molecule has 1 unspecified atom stereocenters. The van der Waals surface area contributed by atoms with Gasteiger partial charge in [0.15, 0.2) is 0 Å². The third-order valence-corrected chi connectivity index (χ3v) is 4.63. The summed E-state index contributed by atoms with van der Waals surface area (Å²) in [5.74, 6) is 0.666. The van der Waals surface area contributed by atoms with E-state index >= 15 is 0 Å². The molecule has 3 nitrogen and oxygen atoms in total. The van der Waals surface area contributed by atoms with Gasteiger partial charge in [-0.05, 0) is 50.4 Å². The van der Waals surface area contributed by atoms with Gasteiger partial charge in [-0.1, -0.05) is 34.1 Å². The number of nitrogens with two attached hydrogens (primary N) is 1. The minimum atomic E-state index is -0.0547. The molecule has 3 N–H and O–H groups in total. The number of hydrogen-bond acceptors (Lipinski definition) is 3. The Morgan fingerprint density at radius 2 is 2.11 bits per heavy atom. The molecule has 0 aliphatic heterocycles. The molecule has 1 aliphatic rings. The summed E-state index contributed by atoms with van der Waals surface area (Å²) in [5.41, 5.74) is 7.42. The number of benzene rings is 1. The van der Waals surface area contributed by atoms with Gasteiger partial charge in [0, 0.05) is 17.1 Å². The Morgan fingerprint density at radius 3 is 2.74 bits per heavy atom. The van der Waals surface area contributed by atoms with Crippen molar-refractivity contribution in [3.05, 3.63) is 34.3 Å². The Bertz CT molecular complexity index is 407. The van der Waals surface area contributed by atoms with Crippen LogP contribution in [0.4, 0.5) is 0 Å². The minimum absolute atomic E-state index is 0.0547. The molecule has 2 rings (SSSR count). The summed E-state index contributed by atoms with van der Waals surface area (Å²) >= 11 is 3.55. The second-order valence-corrected chi connectivity index (χ2v) is 6.52. The van der Waals surface area contributed by atoms with E-state index < -0.39 is 0 Å². The molecule has 0 spiro atoms. The van der Waals surface area contributed by atoms with Gasteiger partial charge in [0.25, 0.3) is 0 Å². The van der Waals surface area contributed by atoms with Crippen molar-refractivity contribution in [3.8, 4) is 0 Å². The summed E-state index contributed by atoms with van der Waals surface area (Å²) in [4.78, 5) is 2.33. The zero-order valence-electron chi connectivity index (χ0n) is 11.4.